The lowest BCUT2D eigenvalue weighted by molar-refractivity contribution is -0.105. The number of carbonyl (C=O) groups excluding carboxylic acids is 1. The molecule has 0 radical (unpaired) electrons. The predicted molar refractivity (Wildman–Crippen MR) is 64.8 cm³/mol. The van der Waals surface area contributed by atoms with Gasteiger partial charge in [-0.3, -0.25) is 4.79 Å². The zero-order chi connectivity index (χ0) is 10.9. The van der Waals surface area contributed by atoms with E-state index in [4.69, 9.17) is 0 Å². The summed E-state index contributed by atoms with van der Waals surface area (Å²) < 4.78 is 0. The van der Waals surface area contributed by atoms with E-state index in [1.807, 2.05) is 0 Å². The fourth-order valence-corrected chi connectivity index (χ4v) is 2.03. The van der Waals surface area contributed by atoms with Crippen molar-refractivity contribution >= 4 is 6.29 Å². The fraction of sp³-hybridized carbons (Fsp3) is 0.643. The maximum absolute atomic E-state index is 10.9. The first-order chi connectivity index (χ1) is 7.36. The molecule has 0 heterocycles. The predicted octanol–water partition coefficient (Wildman–Crippen LogP) is 4.05. The topological polar surface area (TPSA) is 17.1 Å². The van der Waals surface area contributed by atoms with Crippen molar-refractivity contribution in [2.75, 3.05) is 0 Å². The second-order valence-electron chi connectivity index (χ2n) is 4.36. The van der Waals surface area contributed by atoms with Crippen LogP contribution in [0.15, 0.2) is 23.8 Å². The molecule has 0 N–H and O–H groups in total. The van der Waals surface area contributed by atoms with Crippen LogP contribution in [-0.4, -0.2) is 6.29 Å². The average molecular weight is 206 g/mol. The molecule has 0 fully saturated rings. The van der Waals surface area contributed by atoms with Crippen molar-refractivity contribution in [3.8, 4) is 0 Å². The highest BCUT2D eigenvalue weighted by atomic mass is 16.1. The summed E-state index contributed by atoms with van der Waals surface area (Å²) in [4.78, 5) is 10.9. The monoisotopic (exact) mass is 206 g/mol. The maximum atomic E-state index is 10.9. The standard InChI is InChI=1S/C14H22O/c1-2-3-5-10-14(12-15)11-13-8-6-4-7-9-13/h4,6,11-13H,2-3,5,7-10H2,1H3. The van der Waals surface area contributed by atoms with E-state index in [1.54, 1.807) is 0 Å². The molecule has 1 nitrogen and oxygen atoms in total. The van der Waals surface area contributed by atoms with Crippen molar-refractivity contribution in [3.05, 3.63) is 23.8 Å². The first-order valence-electron chi connectivity index (χ1n) is 6.17. The number of allylic oxidation sites excluding steroid dienone is 4. The molecule has 0 aliphatic heterocycles. The van der Waals surface area contributed by atoms with Gasteiger partial charge in [-0.15, -0.1) is 0 Å². The molecular formula is C14H22O. The number of hydrogen-bond acceptors (Lipinski definition) is 1. The molecule has 1 aliphatic carbocycles. The van der Waals surface area contributed by atoms with E-state index >= 15 is 0 Å². The van der Waals surface area contributed by atoms with Gasteiger partial charge >= 0.3 is 0 Å². The number of unbranched alkanes of at least 4 members (excludes halogenated alkanes) is 2. The molecule has 0 aromatic heterocycles. The highest BCUT2D eigenvalue weighted by molar-refractivity contribution is 5.73. The van der Waals surface area contributed by atoms with Crippen LogP contribution in [0.25, 0.3) is 0 Å². The molecule has 0 amide bonds. The number of aldehydes is 1. The summed E-state index contributed by atoms with van der Waals surface area (Å²) in [7, 11) is 0. The lowest BCUT2D eigenvalue weighted by atomic mass is 9.91. The second kappa shape index (κ2) is 7.44. The van der Waals surface area contributed by atoms with Gasteiger partial charge < -0.3 is 0 Å². The molecule has 0 saturated carbocycles. The Balaban J connectivity index is 2.38. The summed E-state index contributed by atoms with van der Waals surface area (Å²) >= 11 is 0. The Labute approximate surface area is 93.3 Å². The van der Waals surface area contributed by atoms with Crippen LogP contribution in [-0.2, 0) is 4.79 Å². The molecule has 1 rings (SSSR count). The minimum Gasteiger partial charge on any atom is -0.298 e. The molecule has 1 heteroatoms. The summed E-state index contributed by atoms with van der Waals surface area (Å²) in [5, 5.41) is 0. The van der Waals surface area contributed by atoms with Gasteiger partial charge in [0, 0.05) is 0 Å². The average Bonchev–Trinajstić information content (AvgIpc) is 2.29. The molecule has 84 valence electrons. The van der Waals surface area contributed by atoms with Gasteiger partial charge in [0.05, 0.1) is 0 Å². The molecule has 0 aromatic rings. The van der Waals surface area contributed by atoms with Crippen LogP contribution in [0.1, 0.15) is 51.9 Å². The highest BCUT2D eigenvalue weighted by Crippen LogP contribution is 2.21. The van der Waals surface area contributed by atoms with Crippen LogP contribution in [0.4, 0.5) is 0 Å². The van der Waals surface area contributed by atoms with Crippen molar-refractivity contribution < 1.29 is 4.79 Å². The van der Waals surface area contributed by atoms with Gasteiger partial charge in [-0.1, -0.05) is 38.0 Å². The molecule has 0 saturated heterocycles. The van der Waals surface area contributed by atoms with Crippen molar-refractivity contribution in [2.45, 2.75) is 51.9 Å². The van der Waals surface area contributed by atoms with Crippen molar-refractivity contribution in [2.24, 2.45) is 5.92 Å². The lowest BCUT2D eigenvalue weighted by Gasteiger charge is -2.14. The first kappa shape index (κ1) is 12.2. The van der Waals surface area contributed by atoms with E-state index in [1.165, 1.54) is 25.7 Å². The van der Waals surface area contributed by atoms with Crippen molar-refractivity contribution in [1.82, 2.24) is 0 Å². The van der Waals surface area contributed by atoms with Gasteiger partial charge in [-0.05, 0) is 43.6 Å². The van der Waals surface area contributed by atoms with E-state index in [9.17, 15) is 4.79 Å². The Morgan fingerprint density at radius 1 is 1.40 bits per heavy atom. The Hall–Kier alpha value is -0.850. The van der Waals surface area contributed by atoms with E-state index in [0.29, 0.717) is 5.92 Å². The molecule has 15 heavy (non-hydrogen) atoms. The van der Waals surface area contributed by atoms with Crippen molar-refractivity contribution in [1.29, 1.82) is 0 Å². The third-order valence-electron chi connectivity index (χ3n) is 2.98. The van der Waals surface area contributed by atoms with Gasteiger partial charge in [0.1, 0.15) is 6.29 Å². The highest BCUT2D eigenvalue weighted by Gasteiger charge is 2.07. The Kier molecular flexibility index (Phi) is 6.06. The summed E-state index contributed by atoms with van der Waals surface area (Å²) in [6.45, 7) is 2.19. The molecule has 0 spiro atoms. The first-order valence-corrected chi connectivity index (χ1v) is 6.17. The van der Waals surface area contributed by atoms with Crippen molar-refractivity contribution in [3.63, 3.8) is 0 Å². The zero-order valence-corrected chi connectivity index (χ0v) is 9.74. The summed E-state index contributed by atoms with van der Waals surface area (Å²) in [5.41, 5.74) is 1.02. The largest absolute Gasteiger partial charge is 0.298 e. The fourth-order valence-electron chi connectivity index (χ4n) is 2.03. The molecular weight excluding hydrogens is 184 g/mol. The molecule has 0 bridgehead atoms. The lowest BCUT2D eigenvalue weighted by Crippen LogP contribution is -2.01. The smallest absolute Gasteiger partial charge is 0.145 e. The summed E-state index contributed by atoms with van der Waals surface area (Å²) in [5.74, 6) is 0.608. The maximum Gasteiger partial charge on any atom is 0.145 e. The van der Waals surface area contributed by atoms with Crippen LogP contribution < -0.4 is 0 Å². The number of carbonyl (C=O) groups is 1. The minimum atomic E-state index is 0.608. The molecule has 1 aliphatic rings. The van der Waals surface area contributed by atoms with Crippen LogP contribution in [0.5, 0.6) is 0 Å². The van der Waals surface area contributed by atoms with Gasteiger partial charge in [-0.2, -0.15) is 0 Å². The van der Waals surface area contributed by atoms with E-state index in [-0.39, 0.29) is 0 Å². The second-order valence-corrected chi connectivity index (χ2v) is 4.36. The quantitative estimate of drug-likeness (QED) is 0.277. The minimum absolute atomic E-state index is 0.608. The molecule has 1 atom stereocenters. The molecule has 0 aromatic carbocycles. The summed E-state index contributed by atoms with van der Waals surface area (Å²) in [6, 6.07) is 0. The van der Waals surface area contributed by atoms with Crippen LogP contribution >= 0.6 is 0 Å². The Morgan fingerprint density at radius 2 is 2.27 bits per heavy atom. The molecule has 1 unspecified atom stereocenters. The normalized spacial score (nSPS) is 21.7. The third kappa shape index (κ3) is 4.96. The zero-order valence-electron chi connectivity index (χ0n) is 9.74. The van der Waals surface area contributed by atoms with Crippen LogP contribution in [0.3, 0.4) is 0 Å². The van der Waals surface area contributed by atoms with E-state index < -0.39 is 0 Å². The SMILES string of the molecule is CCCCCC(C=O)=CC1CC=CCC1. The van der Waals surface area contributed by atoms with E-state index in [2.05, 4.69) is 25.2 Å². The number of rotatable bonds is 6. The third-order valence-corrected chi connectivity index (χ3v) is 2.98. The van der Waals surface area contributed by atoms with Gasteiger partial charge in [0.25, 0.3) is 0 Å². The van der Waals surface area contributed by atoms with Gasteiger partial charge in [0.15, 0.2) is 0 Å². The Morgan fingerprint density at radius 3 is 2.87 bits per heavy atom. The van der Waals surface area contributed by atoms with Crippen LogP contribution in [0, 0.1) is 5.92 Å². The Bertz CT molecular complexity index is 238. The van der Waals surface area contributed by atoms with Gasteiger partial charge in [-0.25, -0.2) is 0 Å². The van der Waals surface area contributed by atoms with E-state index in [0.717, 1.165) is 31.1 Å². The summed E-state index contributed by atoms with van der Waals surface area (Å²) in [6.07, 6.45) is 15.8. The number of hydrogen-bond donors (Lipinski definition) is 0. The van der Waals surface area contributed by atoms with Gasteiger partial charge in [0.2, 0.25) is 0 Å². The van der Waals surface area contributed by atoms with Crippen LogP contribution in [0.2, 0.25) is 0 Å².